The summed E-state index contributed by atoms with van der Waals surface area (Å²) in [4.78, 5) is 56.1. The Morgan fingerprint density at radius 2 is 1.18 bits per heavy atom. The predicted octanol–water partition coefficient (Wildman–Crippen LogP) is 5.09. The lowest BCUT2D eigenvalue weighted by Crippen LogP contribution is -2.57. The number of amides is 1. The van der Waals surface area contributed by atoms with Gasteiger partial charge >= 0.3 is 18.3 Å². The van der Waals surface area contributed by atoms with Crippen molar-refractivity contribution in [2.45, 2.75) is 139 Å². The molecule has 1 amide bonds. The first kappa shape index (κ1) is 44.8. The molecule has 316 valence electrons. The Labute approximate surface area is 312 Å². The maximum atomic E-state index is 14.3. The molecular formula is C33H50F6N4O12. The van der Waals surface area contributed by atoms with Crippen LogP contribution in [0, 0.1) is 49.3 Å². The van der Waals surface area contributed by atoms with E-state index in [2.05, 4.69) is 15.7 Å². The number of hydroxylamine groups is 1. The van der Waals surface area contributed by atoms with Crippen molar-refractivity contribution in [2.24, 2.45) is 29.1 Å². The van der Waals surface area contributed by atoms with Gasteiger partial charge in [-0.15, -0.1) is 0 Å². The standard InChI is InChI=1S/C33H50F6N4O12/c34-32(35,36)31(33(37,38)39,17-52-25-8-2-21(3-9-25)40-29(44)28-14-24(43(49)50)7-12-27(28)30(45)46)18-53-26-10-4-22(5-11-26)41-54-15-20-13-23(42(47)48)6-1-19(20)16-55-51/h19-28,41,51H,1-18H2,(H,40,44)(H,45,46). The van der Waals surface area contributed by atoms with Crippen LogP contribution in [0.25, 0.3) is 0 Å². The van der Waals surface area contributed by atoms with Crippen LogP contribution in [0.1, 0.15) is 89.9 Å². The molecule has 4 N–H and O–H groups in total. The third-order valence-corrected chi connectivity index (χ3v) is 11.9. The van der Waals surface area contributed by atoms with Crippen molar-refractivity contribution in [2.75, 3.05) is 26.4 Å². The summed E-state index contributed by atoms with van der Waals surface area (Å²) in [5.41, 5.74) is -1.48. The van der Waals surface area contributed by atoms with E-state index in [1.807, 2.05) is 0 Å². The van der Waals surface area contributed by atoms with Crippen LogP contribution < -0.4 is 10.8 Å². The van der Waals surface area contributed by atoms with Gasteiger partial charge in [0.15, 0.2) is 0 Å². The molecule has 0 aromatic heterocycles. The van der Waals surface area contributed by atoms with Crippen molar-refractivity contribution in [1.82, 2.24) is 10.8 Å². The minimum Gasteiger partial charge on any atom is -0.481 e. The monoisotopic (exact) mass is 808 g/mol. The molecule has 6 atom stereocenters. The molecule has 4 aliphatic rings. The summed E-state index contributed by atoms with van der Waals surface area (Å²) in [6.45, 7) is -3.39. The van der Waals surface area contributed by atoms with E-state index in [1.165, 1.54) is 0 Å². The Morgan fingerprint density at radius 3 is 1.67 bits per heavy atom. The van der Waals surface area contributed by atoms with Gasteiger partial charge in [0.05, 0.1) is 50.5 Å². The molecule has 0 spiro atoms. The lowest BCUT2D eigenvalue weighted by molar-refractivity contribution is -0.529. The van der Waals surface area contributed by atoms with Crippen molar-refractivity contribution >= 4 is 11.9 Å². The quantitative estimate of drug-likeness (QED) is 0.0652. The van der Waals surface area contributed by atoms with E-state index < -0.39 is 90.0 Å². The average molecular weight is 809 g/mol. The van der Waals surface area contributed by atoms with Crippen LogP contribution >= 0.6 is 0 Å². The van der Waals surface area contributed by atoms with Gasteiger partial charge in [-0.05, 0) is 76.0 Å². The molecule has 0 heterocycles. The van der Waals surface area contributed by atoms with Crippen LogP contribution in [0.15, 0.2) is 0 Å². The van der Waals surface area contributed by atoms with Crippen molar-refractivity contribution < 1.29 is 75.3 Å². The number of hydrogen-bond donors (Lipinski definition) is 4. The first-order valence-electron chi connectivity index (χ1n) is 18.7. The molecule has 6 unspecified atom stereocenters. The zero-order valence-electron chi connectivity index (χ0n) is 30.1. The minimum absolute atomic E-state index is 0.00809. The van der Waals surface area contributed by atoms with E-state index in [0.29, 0.717) is 25.7 Å². The second-order valence-electron chi connectivity index (χ2n) is 15.5. The Morgan fingerprint density at radius 1 is 0.673 bits per heavy atom. The number of carbonyl (C=O) groups is 2. The normalized spacial score (nSPS) is 32.4. The van der Waals surface area contributed by atoms with Crippen molar-refractivity contribution in [3.05, 3.63) is 20.2 Å². The summed E-state index contributed by atoms with van der Waals surface area (Å²) in [5.74, 6) is -4.69. The minimum atomic E-state index is -5.78. The summed E-state index contributed by atoms with van der Waals surface area (Å²) >= 11 is 0. The highest BCUT2D eigenvalue weighted by atomic mass is 19.4. The van der Waals surface area contributed by atoms with Gasteiger partial charge in [-0.25, -0.2) is 4.89 Å². The number of alkyl halides is 6. The SMILES string of the molecule is O=C(O)C1CCC([N+](=O)[O-])CC1C(=O)NC1CCC(OCC(COC2CCC(NOCC3CC([N+](=O)[O-])CCC3COO)CC2)(C(F)(F)F)C(F)(F)F)CC1. The average Bonchev–Trinajstić information content (AvgIpc) is 3.12. The van der Waals surface area contributed by atoms with Gasteiger partial charge in [-0.3, -0.25) is 35.1 Å². The van der Waals surface area contributed by atoms with Crippen molar-refractivity contribution in [1.29, 1.82) is 0 Å². The molecule has 0 aliphatic heterocycles. The van der Waals surface area contributed by atoms with Crippen LogP contribution in [-0.4, -0.2) is 107 Å². The molecule has 4 rings (SSSR count). The van der Waals surface area contributed by atoms with Crippen LogP contribution in [0.2, 0.25) is 0 Å². The molecule has 55 heavy (non-hydrogen) atoms. The van der Waals surface area contributed by atoms with E-state index in [9.17, 15) is 61.3 Å². The summed E-state index contributed by atoms with van der Waals surface area (Å²) in [6, 6.07) is -2.70. The third-order valence-electron chi connectivity index (χ3n) is 11.9. The molecular weight excluding hydrogens is 758 g/mol. The first-order valence-corrected chi connectivity index (χ1v) is 18.7. The molecule has 22 heteroatoms. The fourth-order valence-electron chi connectivity index (χ4n) is 8.29. The van der Waals surface area contributed by atoms with E-state index in [1.54, 1.807) is 0 Å². The highest BCUT2D eigenvalue weighted by Gasteiger charge is 2.71. The number of halogens is 6. The highest BCUT2D eigenvalue weighted by Crippen LogP contribution is 2.51. The number of nitrogens with one attached hydrogen (secondary N) is 2. The number of carboxylic acids is 1. The second-order valence-corrected chi connectivity index (χ2v) is 15.5. The Kier molecular flexibility index (Phi) is 15.9. The highest BCUT2D eigenvalue weighted by molar-refractivity contribution is 5.85. The molecule has 16 nitrogen and oxygen atoms in total. The summed E-state index contributed by atoms with van der Waals surface area (Å²) in [6.07, 6.45) is -11.6. The molecule has 4 fully saturated rings. The van der Waals surface area contributed by atoms with Gasteiger partial charge < -0.3 is 24.7 Å². The summed E-state index contributed by atoms with van der Waals surface area (Å²) in [7, 11) is 0. The molecule has 4 aliphatic carbocycles. The zero-order chi connectivity index (χ0) is 40.6. The first-order chi connectivity index (χ1) is 25.8. The number of hydrogen-bond acceptors (Lipinski definition) is 12. The number of nitrogens with zero attached hydrogens (tertiary/aromatic N) is 2. The Balaban J connectivity index is 1.24. The smallest absolute Gasteiger partial charge is 0.407 e. The van der Waals surface area contributed by atoms with Crippen molar-refractivity contribution in [3.63, 3.8) is 0 Å². The lowest BCUT2D eigenvalue weighted by Gasteiger charge is -2.40. The maximum Gasteiger partial charge on any atom is 0.407 e. The summed E-state index contributed by atoms with van der Waals surface area (Å²) < 4.78 is 96.6. The number of nitro groups is 2. The topological polar surface area (TPSA) is 222 Å². The fourth-order valence-corrected chi connectivity index (χ4v) is 8.29. The fraction of sp³-hybridized carbons (Fsp3) is 0.939. The van der Waals surface area contributed by atoms with Gasteiger partial charge in [-0.2, -0.15) is 31.8 Å². The number of carboxylic acid groups (broad SMARTS) is 1. The molecule has 0 radical (unpaired) electrons. The van der Waals surface area contributed by atoms with Gasteiger partial charge in [-0.1, -0.05) is 0 Å². The van der Waals surface area contributed by atoms with Gasteiger partial charge in [0.1, 0.15) is 0 Å². The third kappa shape index (κ3) is 11.8. The maximum absolute atomic E-state index is 14.3. The van der Waals surface area contributed by atoms with Crippen LogP contribution in [-0.2, 0) is 28.8 Å². The number of carbonyl (C=O) groups excluding carboxylic acids is 1. The lowest BCUT2D eigenvalue weighted by atomic mass is 9.76. The number of ether oxygens (including phenoxy) is 2. The number of aliphatic carboxylic acids is 1. The largest absolute Gasteiger partial charge is 0.481 e. The van der Waals surface area contributed by atoms with E-state index >= 15 is 0 Å². The molecule has 0 aromatic carbocycles. The van der Waals surface area contributed by atoms with Crippen LogP contribution in [0.5, 0.6) is 0 Å². The molecule has 0 aromatic rings. The van der Waals surface area contributed by atoms with Gasteiger partial charge in [0.2, 0.25) is 23.4 Å². The summed E-state index contributed by atoms with van der Waals surface area (Å²) in [5, 5.41) is 43.6. The second kappa shape index (κ2) is 19.5. The van der Waals surface area contributed by atoms with Gasteiger partial charge in [0.25, 0.3) is 0 Å². The van der Waals surface area contributed by atoms with Crippen LogP contribution in [0.3, 0.4) is 0 Å². The predicted molar refractivity (Wildman–Crippen MR) is 175 cm³/mol. The molecule has 4 saturated carbocycles. The molecule has 0 saturated heterocycles. The number of rotatable bonds is 17. The van der Waals surface area contributed by atoms with E-state index in [0.717, 1.165) is 0 Å². The zero-order valence-corrected chi connectivity index (χ0v) is 30.1. The van der Waals surface area contributed by atoms with E-state index in [-0.39, 0.29) is 100 Å². The molecule has 0 bridgehead atoms. The van der Waals surface area contributed by atoms with E-state index in [4.69, 9.17) is 19.6 Å². The van der Waals surface area contributed by atoms with Crippen molar-refractivity contribution in [3.8, 4) is 0 Å². The van der Waals surface area contributed by atoms with Gasteiger partial charge in [0, 0.05) is 47.6 Å². The Bertz CT molecular complexity index is 1280. The van der Waals surface area contributed by atoms with Crippen LogP contribution in [0.4, 0.5) is 26.3 Å². The Hall–Kier alpha value is -2.92.